The van der Waals surface area contributed by atoms with Crippen LogP contribution in [0, 0.1) is 0 Å². The van der Waals surface area contributed by atoms with Crippen LogP contribution in [0.5, 0.6) is 0 Å². The van der Waals surface area contributed by atoms with E-state index in [1.54, 1.807) is 4.57 Å². The first-order valence-electron chi connectivity index (χ1n) is 11.0. The quantitative estimate of drug-likeness (QED) is 0.470. The second-order valence-corrected chi connectivity index (χ2v) is 9.33. The second kappa shape index (κ2) is 9.79. The molecule has 1 saturated carbocycles. The van der Waals surface area contributed by atoms with E-state index in [0.29, 0.717) is 22.1 Å². The van der Waals surface area contributed by atoms with Gasteiger partial charge in [0.05, 0.1) is 16.2 Å². The highest BCUT2D eigenvalue weighted by Gasteiger charge is 2.29. The number of fused-ring (bicyclic) bond motifs is 1. The molecular formula is C23H33N3O2S. The van der Waals surface area contributed by atoms with Crippen molar-refractivity contribution in [2.45, 2.75) is 88.7 Å². The van der Waals surface area contributed by atoms with Crippen LogP contribution in [0.2, 0.25) is 0 Å². The van der Waals surface area contributed by atoms with Gasteiger partial charge in [0.25, 0.3) is 5.56 Å². The molecule has 6 heteroatoms. The Morgan fingerprint density at radius 1 is 1.21 bits per heavy atom. The Hall–Kier alpha value is -1.82. The van der Waals surface area contributed by atoms with Gasteiger partial charge in [-0.25, -0.2) is 4.98 Å². The van der Waals surface area contributed by atoms with Crippen LogP contribution in [0.4, 0.5) is 0 Å². The van der Waals surface area contributed by atoms with Gasteiger partial charge in [0.2, 0.25) is 5.91 Å². The van der Waals surface area contributed by atoms with Crippen molar-refractivity contribution >= 4 is 28.6 Å². The third kappa shape index (κ3) is 4.68. The number of nitrogens with zero attached hydrogens (tertiary/aromatic N) is 3. The summed E-state index contributed by atoms with van der Waals surface area (Å²) in [5.74, 6) is 0.155. The van der Waals surface area contributed by atoms with Gasteiger partial charge >= 0.3 is 0 Å². The highest BCUT2D eigenvalue weighted by Crippen LogP contribution is 2.29. The Morgan fingerprint density at radius 3 is 2.55 bits per heavy atom. The largest absolute Gasteiger partial charge is 0.339 e. The molecule has 29 heavy (non-hydrogen) atoms. The third-order valence-electron chi connectivity index (χ3n) is 6.08. The third-order valence-corrected chi connectivity index (χ3v) is 7.13. The molecule has 0 bridgehead atoms. The van der Waals surface area contributed by atoms with Crippen LogP contribution in [-0.2, 0) is 4.79 Å². The minimum absolute atomic E-state index is 0.0215. The molecule has 1 amide bonds. The molecule has 1 aromatic heterocycles. The van der Waals surface area contributed by atoms with Crippen molar-refractivity contribution in [3.8, 4) is 0 Å². The maximum atomic E-state index is 13.3. The fourth-order valence-electron chi connectivity index (χ4n) is 4.21. The minimum atomic E-state index is -0.278. The highest BCUT2D eigenvalue weighted by atomic mass is 32.2. The molecular weight excluding hydrogens is 382 g/mol. The summed E-state index contributed by atoms with van der Waals surface area (Å²) in [6, 6.07) is 7.85. The number of amides is 1. The molecule has 2 atom stereocenters. The fraction of sp³-hybridized carbons (Fsp3) is 0.609. The van der Waals surface area contributed by atoms with Crippen LogP contribution in [0.3, 0.4) is 0 Å². The van der Waals surface area contributed by atoms with Crippen molar-refractivity contribution in [1.82, 2.24) is 14.5 Å². The lowest BCUT2D eigenvalue weighted by Crippen LogP contribution is -2.44. The van der Waals surface area contributed by atoms with E-state index in [1.165, 1.54) is 31.0 Å². The summed E-state index contributed by atoms with van der Waals surface area (Å²) in [4.78, 5) is 33.2. The average molecular weight is 416 g/mol. The molecule has 1 aliphatic rings. The van der Waals surface area contributed by atoms with Crippen LogP contribution >= 0.6 is 11.8 Å². The Kier molecular flexibility index (Phi) is 7.38. The van der Waals surface area contributed by atoms with Crippen molar-refractivity contribution < 1.29 is 4.79 Å². The van der Waals surface area contributed by atoms with Gasteiger partial charge in [0.1, 0.15) is 0 Å². The zero-order valence-electron chi connectivity index (χ0n) is 18.1. The number of hydrogen-bond donors (Lipinski definition) is 0. The Morgan fingerprint density at radius 2 is 1.90 bits per heavy atom. The fourth-order valence-corrected chi connectivity index (χ4v) is 5.29. The zero-order chi connectivity index (χ0) is 21.0. The maximum absolute atomic E-state index is 13.3. The first kappa shape index (κ1) is 21.9. The highest BCUT2D eigenvalue weighted by molar-refractivity contribution is 8.00. The lowest BCUT2D eigenvalue weighted by Gasteiger charge is -2.35. The average Bonchev–Trinajstić information content (AvgIpc) is 2.74. The summed E-state index contributed by atoms with van der Waals surface area (Å²) in [7, 11) is 0. The molecule has 0 radical (unpaired) electrons. The Bertz CT molecular complexity index is 905. The first-order chi connectivity index (χ1) is 14.0. The topological polar surface area (TPSA) is 55.2 Å². The van der Waals surface area contributed by atoms with Crippen LogP contribution in [0.1, 0.15) is 72.3 Å². The standard InChI is InChI=1S/C23H33N3O2S/c1-5-16(3)26-22(28)19-14-10-11-15-20(19)24-23(26)29-17(4)21(27)25(6-2)18-12-8-7-9-13-18/h10-11,14-18H,5-9,12-13H2,1-4H3/t16-,17-/m0/s1. The van der Waals surface area contributed by atoms with Crippen molar-refractivity contribution in [1.29, 1.82) is 0 Å². The molecule has 5 nitrogen and oxygen atoms in total. The van der Waals surface area contributed by atoms with Gasteiger partial charge in [-0.1, -0.05) is 50.1 Å². The van der Waals surface area contributed by atoms with E-state index in [1.807, 2.05) is 43.0 Å². The monoisotopic (exact) mass is 415 g/mol. The van der Waals surface area contributed by atoms with Gasteiger partial charge in [-0.2, -0.15) is 0 Å². The molecule has 158 valence electrons. The van der Waals surface area contributed by atoms with E-state index < -0.39 is 0 Å². The number of carbonyl (C=O) groups is 1. The molecule has 0 spiro atoms. The summed E-state index contributed by atoms with van der Waals surface area (Å²) in [6.07, 6.45) is 6.71. The number of thioether (sulfide) groups is 1. The molecule has 0 aliphatic heterocycles. The smallest absolute Gasteiger partial charge is 0.262 e. The van der Waals surface area contributed by atoms with E-state index in [2.05, 4.69) is 13.8 Å². The van der Waals surface area contributed by atoms with E-state index in [9.17, 15) is 9.59 Å². The minimum Gasteiger partial charge on any atom is -0.339 e. The van der Waals surface area contributed by atoms with Crippen LogP contribution in [0.15, 0.2) is 34.2 Å². The van der Waals surface area contributed by atoms with Gasteiger partial charge in [-0.15, -0.1) is 0 Å². The van der Waals surface area contributed by atoms with Gasteiger partial charge in [-0.05, 0) is 52.2 Å². The maximum Gasteiger partial charge on any atom is 0.262 e. The number of hydrogen-bond acceptors (Lipinski definition) is 4. The number of benzene rings is 1. The molecule has 1 aromatic carbocycles. The molecule has 0 N–H and O–H groups in total. The summed E-state index contributed by atoms with van der Waals surface area (Å²) < 4.78 is 1.77. The second-order valence-electron chi connectivity index (χ2n) is 8.02. The number of rotatable bonds is 7. The summed E-state index contributed by atoms with van der Waals surface area (Å²) in [5.41, 5.74) is 0.672. The zero-order valence-corrected chi connectivity index (χ0v) is 18.9. The van der Waals surface area contributed by atoms with E-state index in [-0.39, 0.29) is 22.8 Å². The molecule has 2 aromatic rings. The van der Waals surface area contributed by atoms with E-state index in [4.69, 9.17) is 4.98 Å². The molecule has 3 rings (SSSR count). The summed E-state index contributed by atoms with van der Waals surface area (Å²) in [5, 5.41) is 0.998. The number of para-hydroxylation sites is 1. The van der Waals surface area contributed by atoms with Crippen molar-refractivity contribution in [3.63, 3.8) is 0 Å². The van der Waals surface area contributed by atoms with Crippen molar-refractivity contribution in [2.75, 3.05) is 6.54 Å². The van der Waals surface area contributed by atoms with Gasteiger partial charge < -0.3 is 4.90 Å². The summed E-state index contributed by atoms with van der Waals surface area (Å²) in [6.45, 7) is 8.84. The normalized spacial score (nSPS) is 17.2. The number of carbonyl (C=O) groups excluding carboxylic acids is 1. The van der Waals surface area contributed by atoms with Gasteiger partial charge in [-0.3, -0.25) is 14.2 Å². The van der Waals surface area contributed by atoms with Crippen LogP contribution < -0.4 is 5.56 Å². The van der Waals surface area contributed by atoms with Crippen molar-refractivity contribution in [3.05, 3.63) is 34.6 Å². The van der Waals surface area contributed by atoms with Crippen LogP contribution in [-0.4, -0.2) is 38.2 Å². The summed E-state index contributed by atoms with van der Waals surface area (Å²) >= 11 is 1.42. The Balaban J connectivity index is 1.91. The van der Waals surface area contributed by atoms with Crippen LogP contribution in [0.25, 0.3) is 10.9 Å². The SMILES string of the molecule is CC[C@H](C)n1c(S[C@@H](C)C(=O)N(CC)C2CCCCC2)nc2ccccc2c1=O. The molecule has 0 unspecified atom stereocenters. The predicted octanol–water partition coefficient (Wildman–Crippen LogP) is 5.03. The van der Waals surface area contributed by atoms with E-state index >= 15 is 0 Å². The lowest BCUT2D eigenvalue weighted by atomic mass is 9.94. The molecule has 1 heterocycles. The molecule has 1 fully saturated rings. The van der Waals surface area contributed by atoms with Gasteiger partial charge in [0, 0.05) is 18.6 Å². The lowest BCUT2D eigenvalue weighted by molar-refractivity contribution is -0.133. The predicted molar refractivity (Wildman–Crippen MR) is 121 cm³/mol. The van der Waals surface area contributed by atoms with E-state index in [0.717, 1.165) is 25.8 Å². The number of aromatic nitrogens is 2. The molecule has 1 aliphatic carbocycles. The molecule has 0 saturated heterocycles. The van der Waals surface area contributed by atoms with Crippen molar-refractivity contribution in [2.24, 2.45) is 0 Å². The first-order valence-corrected chi connectivity index (χ1v) is 11.8. The Labute approximate surface area is 177 Å². The van der Waals surface area contributed by atoms with Gasteiger partial charge in [0.15, 0.2) is 5.16 Å².